The number of aromatic nitrogens is 3. The van der Waals surface area contributed by atoms with E-state index in [-0.39, 0.29) is 0 Å². The van der Waals surface area contributed by atoms with Crippen LogP contribution in [0.1, 0.15) is 31.3 Å². The molecule has 150 valence electrons. The Morgan fingerprint density at radius 3 is 2.34 bits per heavy atom. The summed E-state index contributed by atoms with van der Waals surface area (Å²) in [5, 5.41) is 14.5. The van der Waals surface area contributed by atoms with Crippen molar-refractivity contribution in [2.45, 2.75) is 27.0 Å². The van der Waals surface area contributed by atoms with Crippen LogP contribution in [0.3, 0.4) is 0 Å². The van der Waals surface area contributed by atoms with Crippen LogP contribution in [0.15, 0.2) is 54.6 Å². The lowest BCUT2D eigenvalue weighted by Gasteiger charge is -2.14. The topological polar surface area (TPSA) is 73.8 Å². The molecule has 1 unspecified atom stereocenters. The molecule has 7 heteroatoms. The van der Waals surface area contributed by atoms with Crippen LogP contribution < -0.4 is 5.32 Å². The average molecular weight is 429 g/mol. The molecule has 0 aliphatic carbocycles. The number of anilines is 1. The number of imidazole rings is 1. The summed E-state index contributed by atoms with van der Waals surface area (Å²) in [6.45, 7) is 5.90. The zero-order valence-electron chi connectivity index (χ0n) is 16.4. The van der Waals surface area contributed by atoms with Gasteiger partial charge < -0.3 is 15.4 Å². The molecule has 4 aromatic rings. The Morgan fingerprint density at radius 1 is 0.966 bits per heavy atom. The van der Waals surface area contributed by atoms with E-state index in [1.807, 2.05) is 57.2 Å². The van der Waals surface area contributed by atoms with E-state index in [1.54, 1.807) is 18.2 Å². The molecule has 0 bridgehead atoms. The number of nitrogens with one attached hydrogen (secondary N) is 2. The first kappa shape index (κ1) is 21.1. The van der Waals surface area contributed by atoms with Crippen molar-refractivity contribution in [2.75, 3.05) is 5.32 Å². The molecule has 1 atom stereocenters. The number of aryl methyl sites for hydroxylation is 1. The molecule has 5 nitrogen and oxygen atoms in total. The van der Waals surface area contributed by atoms with E-state index in [0.717, 1.165) is 16.7 Å². The van der Waals surface area contributed by atoms with Crippen LogP contribution in [-0.4, -0.2) is 20.1 Å². The van der Waals surface area contributed by atoms with Gasteiger partial charge in [-0.1, -0.05) is 55.2 Å². The molecule has 0 saturated heterocycles. The number of hydrogen-bond acceptors (Lipinski definition) is 4. The van der Waals surface area contributed by atoms with Gasteiger partial charge in [0.05, 0.1) is 26.6 Å². The van der Waals surface area contributed by atoms with Gasteiger partial charge in [-0.15, -0.1) is 0 Å². The Bertz CT molecular complexity index is 1110. The Balaban J connectivity index is 0.00000117. The number of fused-ring (bicyclic) bond motifs is 1. The van der Waals surface area contributed by atoms with Gasteiger partial charge >= 0.3 is 0 Å². The number of aromatic amines is 1. The van der Waals surface area contributed by atoms with Gasteiger partial charge in [0, 0.05) is 11.3 Å². The molecule has 2 aromatic heterocycles. The third kappa shape index (κ3) is 4.70. The molecule has 2 aromatic carbocycles. The third-order valence-electron chi connectivity index (χ3n) is 4.19. The van der Waals surface area contributed by atoms with Crippen LogP contribution in [0.25, 0.3) is 22.4 Å². The van der Waals surface area contributed by atoms with E-state index >= 15 is 0 Å². The summed E-state index contributed by atoms with van der Waals surface area (Å²) < 4.78 is 0. The van der Waals surface area contributed by atoms with Gasteiger partial charge in [0.15, 0.2) is 6.23 Å². The first-order valence-electron chi connectivity index (χ1n) is 9.33. The maximum absolute atomic E-state index is 10.5. The number of pyridine rings is 1. The Hall–Kier alpha value is -2.60. The van der Waals surface area contributed by atoms with Crippen molar-refractivity contribution in [2.24, 2.45) is 0 Å². The van der Waals surface area contributed by atoms with Crippen LogP contribution in [0.5, 0.6) is 0 Å². The molecule has 0 radical (unpaired) electrons. The highest BCUT2D eigenvalue weighted by Crippen LogP contribution is 2.34. The molecule has 0 aliphatic rings. The van der Waals surface area contributed by atoms with E-state index in [9.17, 15) is 5.11 Å². The fourth-order valence-electron chi connectivity index (χ4n) is 2.89. The van der Waals surface area contributed by atoms with Crippen molar-refractivity contribution in [1.29, 1.82) is 0 Å². The molecule has 0 aliphatic heterocycles. The van der Waals surface area contributed by atoms with Crippen LogP contribution in [-0.2, 0) is 0 Å². The normalized spacial score (nSPS) is 11.7. The van der Waals surface area contributed by atoms with Crippen molar-refractivity contribution in [3.63, 3.8) is 0 Å². The van der Waals surface area contributed by atoms with Gasteiger partial charge in [-0.3, -0.25) is 0 Å². The van der Waals surface area contributed by atoms with E-state index in [1.165, 1.54) is 0 Å². The highest BCUT2D eigenvalue weighted by molar-refractivity contribution is 6.39. The predicted molar refractivity (Wildman–Crippen MR) is 120 cm³/mol. The van der Waals surface area contributed by atoms with E-state index in [2.05, 4.69) is 20.3 Å². The van der Waals surface area contributed by atoms with Crippen molar-refractivity contribution in [3.05, 3.63) is 75.9 Å². The van der Waals surface area contributed by atoms with Crippen LogP contribution >= 0.6 is 23.2 Å². The number of halogens is 2. The minimum absolute atomic E-state index is 0.522. The maximum Gasteiger partial charge on any atom is 0.152 e. The lowest BCUT2D eigenvalue weighted by molar-refractivity contribution is 0.208. The average Bonchev–Trinajstić information content (AvgIpc) is 3.12. The van der Waals surface area contributed by atoms with Crippen LogP contribution in [0.2, 0.25) is 10.0 Å². The zero-order chi connectivity index (χ0) is 21.0. The minimum Gasteiger partial charge on any atom is -0.369 e. The summed E-state index contributed by atoms with van der Waals surface area (Å²) >= 11 is 12.5. The van der Waals surface area contributed by atoms with Crippen molar-refractivity contribution < 1.29 is 5.11 Å². The van der Waals surface area contributed by atoms with Gasteiger partial charge in [0.1, 0.15) is 11.6 Å². The number of benzene rings is 2. The van der Waals surface area contributed by atoms with Crippen molar-refractivity contribution in [1.82, 2.24) is 15.0 Å². The van der Waals surface area contributed by atoms with Crippen LogP contribution in [0.4, 0.5) is 5.82 Å². The molecular weight excluding hydrogens is 407 g/mol. The number of rotatable bonds is 4. The van der Waals surface area contributed by atoms with Gasteiger partial charge in [0.2, 0.25) is 0 Å². The second-order valence-electron chi connectivity index (χ2n) is 6.17. The highest BCUT2D eigenvalue weighted by Gasteiger charge is 2.15. The summed E-state index contributed by atoms with van der Waals surface area (Å²) in [5.74, 6) is 1.19. The standard InChI is InChI=1S/C20H16Cl2N4O.C2H6/c1-11-4-2-7-17(23-11)26-20(27)12-8-9-15-16(10-12)25-19(24-15)18-13(21)5-3-6-14(18)22;1-2/h2-10,20,27H,1H3,(H,23,26)(H,24,25);1-2H3. The molecular formula is C22H22Cl2N4O. The van der Waals surface area contributed by atoms with E-state index < -0.39 is 6.23 Å². The highest BCUT2D eigenvalue weighted by atomic mass is 35.5. The van der Waals surface area contributed by atoms with Crippen molar-refractivity contribution in [3.8, 4) is 11.4 Å². The predicted octanol–water partition coefficient (Wildman–Crippen LogP) is 6.37. The van der Waals surface area contributed by atoms with Crippen LogP contribution in [0, 0.1) is 6.92 Å². The summed E-state index contributed by atoms with van der Waals surface area (Å²) in [7, 11) is 0. The minimum atomic E-state index is -0.903. The second kappa shape index (κ2) is 9.27. The number of nitrogens with zero attached hydrogens (tertiary/aromatic N) is 2. The number of aliphatic hydroxyl groups is 1. The van der Waals surface area contributed by atoms with E-state index in [0.29, 0.717) is 32.8 Å². The second-order valence-corrected chi connectivity index (χ2v) is 6.98. The Kier molecular flexibility index (Phi) is 6.75. The summed E-state index contributed by atoms with van der Waals surface area (Å²) in [6.07, 6.45) is -0.903. The maximum atomic E-state index is 10.5. The molecule has 0 amide bonds. The van der Waals surface area contributed by atoms with Gasteiger partial charge in [0.25, 0.3) is 0 Å². The molecule has 2 heterocycles. The van der Waals surface area contributed by atoms with Gasteiger partial charge in [-0.2, -0.15) is 0 Å². The Labute approximate surface area is 179 Å². The number of hydrogen-bond donors (Lipinski definition) is 3. The van der Waals surface area contributed by atoms with Gasteiger partial charge in [-0.25, -0.2) is 9.97 Å². The largest absolute Gasteiger partial charge is 0.369 e. The molecule has 0 saturated carbocycles. The summed E-state index contributed by atoms with van der Waals surface area (Å²) in [4.78, 5) is 12.1. The molecule has 0 fully saturated rings. The lowest BCUT2D eigenvalue weighted by Crippen LogP contribution is -2.10. The smallest absolute Gasteiger partial charge is 0.152 e. The van der Waals surface area contributed by atoms with Crippen molar-refractivity contribution >= 4 is 40.1 Å². The monoisotopic (exact) mass is 428 g/mol. The first-order chi connectivity index (χ1) is 14.0. The first-order valence-corrected chi connectivity index (χ1v) is 10.1. The Morgan fingerprint density at radius 2 is 1.66 bits per heavy atom. The third-order valence-corrected chi connectivity index (χ3v) is 4.82. The number of aliphatic hydroxyl groups excluding tert-OH is 1. The molecule has 4 rings (SSSR count). The molecule has 3 N–H and O–H groups in total. The molecule has 29 heavy (non-hydrogen) atoms. The lowest BCUT2D eigenvalue weighted by atomic mass is 10.1. The molecule has 0 spiro atoms. The fourth-order valence-corrected chi connectivity index (χ4v) is 3.46. The number of H-pyrrole nitrogens is 1. The zero-order valence-corrected chi connectivity index (χ0v) is 17.9. The summed E-state index contributed by atoms with van der Waals surface area (Å²) in [6, 6.07) is 16.4. The van der Waals surface area contributed by atoms with E-state index in [4.69, 9.17) is 23.2 Å². The SMILES string of the molecule is CC.Cc1cccc(NC(O)c2ccc3nc(-c4c(Cl)cccc4Cl)[nH]c3c2)n1. The summed E-state index contributed by atoms with van der Waals surface area (Å²) in [5.41, 5.74) is 3.74. The fraction of sp³-hybridized carbons (Fsp3) is 0.182. The quantitative estimate of drug-likeness (QED) is 0.330. The van der Waals surface area contributed by atoms with Gasteiger partial charge in [-0.05, 0) is 43.3 Å².